The lowest BCUT2D eigenvalue weighted by molar-refractivity contribution is 0.102. The molecule has 3 aromatic carbocycles. The van der Waals surface area contributed by atoms with Gasteiger partial charge in [0.2, 0.25) is 0 Å². The molecule has 7 heteroatoms. The minimum absolute atomic E-state index is 0.0989. The van der Waals surface area contributed by atoms with Gasteiger partial charge in [-0.25, -0.2) is 9.97 Å². The average Bonchev–Trinajstić information content (AvgIpc) is 2.89. The van der Waals surface area contributed by atoms with Gasteiger partial charge in [0.15, 0.2) is 6.29 Å². The Morgan fingerprint density at radius 2 is 1.74 bits per heavy atom. The number of aldehydes is 1. The molecule has 1 heterocycles. The summed E-state index contributed by atoms with van der Waals surface area (Å²) in [5, 5.41) is 7.18. The second-order valence-electron chi connectivity index (χ2n) is 8.25. The van der Waals surface area contributed by atoms with Gasteiger partial charge in [-0.3, -0.25) is 9.59 Å². The number of carbonyl (C=O) groups is 2. The van der Waals surface area contributed by atoms with Crippen LogP contribution < -0.4 is 15.5 Å². The first-order chi connectivity index (χ1) is 17.0. The van der Waals surface area contributed by atoms with E-state index in [9.17, 15) is 9.59 Å². The smallest absolute Gasteiger partial charge is 0.255 e. The summed E-state index contributed by atoms with van der Waals surface area (Å²) in [7, 11) is 0. The van der Waals surface area contributed by atoms with Crippen molar-refractivity contribution in [1.29, 1.82) is 0 Å². The molecule has 0 saturated heterocycles. The maximum absolute atomic E-state index is 12.8. The number of rotatable bonds is 9. The van der Waals surface area contributed by atoms with E-state index in [0.717, 1.165) is 36.0 Å². The maximum Gasteiger partial charge on any atom is 0.255 e. The van der Waals surface area contributed by atoms with Crippen molar-refractivity contribution in [2.45, 2.75) is 26.8 Å². The molecule has 178 valence electrons. The van der Waals surface area contributed by atoms with Crippen LogP contribution in [0.5, 0.6) is 0 Å². The van der Waals surface area contributed by atoms with Crippen molar-refractivity contribution in [3.8, 4) is 0 Å². The first-order valence-corrected chi connectivity index (χ1v) is 11.8. The first kappa shape index (κ1) is 23.9. The molecule has 1 atom stereocenters. The summed E-state index contributed by atoms with van der Waals surface area (Å²) >= 11 is 0. The predicted molar refractivity (Wildman–Crippen MR) is 141 cm³/mol. The van der Waals surface area contributed by atoms with E-state index in [1.807, 2.05) is 67.6 Å². The Balaban J connectivity index is 1.49. The number of amides is 1. The van der Waals surface area contributed by atoms with E-state index in [4.69, 9.17) is 0 Å². The van der Waals surface area contributed by atoms with Crippen LogP contribution in [0.1, 0.15) is 53.1 Å². The van der Waals surface area contributed by atoms with Crippen LogP contribution in [0.25, 0.3) is 10.9 Å². The zero-order valence-electron chi connectivity index (χ0n) is 20.2. The fourth-order valence-electron chi connectivity index (χ4n) is 4.11. The molecule has 1 amide bonds. The lowest BCUT2D eigenvalue weighted by Gasteiger charge is -2.21. The quantitative estimate of drug-likeness (QED) is 0.307. The Morgan fingerprint density at radius 1 is 1.00 bits per heavy atom. The van der Waals surface area contributed by atoms with Crippen molar-refractivity contribution in [3.05, 3.63) is 89.7 Å². The van der Waals surface area contributed by atoms with Crippen molar-refractivity contribution in [1.82, 2.24) is 9.97 Å². The summed E-state index contributed by atoms with van der Waals surface area (Å²) in [6.45, 7) is 8.09. The molecule has 0 aliphatic rings. The second-order valence-corrected chi connectivity index (χ2v) is 8.25. The van der Waals surface area contributed by atoms with Crippen molar-refractivity contribution in [2.75, 3.05) is 28.6 Å². The van der Waals surface area contributed by atoms with Crippen LogP contribution in [-0.4, -0.2) is 35.3 Å². The largest absolute Gasteiger partial charge is 0.372 e. The summed E-state index contributed by atoms with van der Waals surface area (Å²) < 4.78 is 0. The van der Waals surface area contributed by atoms with Gasteiger partial charge in [-0.05, 0) is 74.9 Å². The SMILES string of the molecule is CCN(CC)c1ccc(C(=O)Nc2cccc(C(C)Nc3ncnc4c(C=O)cccc34)c2)cc1. The Labute approximate surface area is 205 Å². The molecule has 35 heavy (non-hydrogen) atoms. The van der Waals surface area contributed by atoms with Gasteiger partial charge in [-0.15, -0.1) is 0 Å². The summed E-state index contributed by atoms with van der Waals surface area (Å²) in [5.74, 6) is 0.492. The third-order valence-electron chi connectivity index (χ3n) is 6.08. The van der Waals surface area contributed by atoms with Gasteiger partial charge < -0.3 is 15.5 Å². The minimum atomic E-state index is -0.156. The van der Waals surface area contributed by atoms with Gasteiger partial charge >= 0.3 is 0 Å². The number of para-hydroxylation sites is 1. The topological polar surface area (TPSA) is 87.2 Å². The van der Waals surface area contributed by atoms with Crippen molar-refractivity contribution in [3.63, 3.8) is 0 Å². The van der Waals surface area contributed by atoms with Gasteiger partial charge in [0, 0.05) is 41.0 Å². The third-order valence-corrected chi connectivity index (χ3v) is 6.08. The van der Waals surface area contributed by atoms with E-state index in [1.54, 1.807) is 6.07 Å². The van der Waals surface area contributed by atoms with Gasteiger partial charge in [0.1, 0.15) is 12.1 Å². The Kier molecular flexibility index (Phi) is 7.35. The number of aromatic nitrogens is 2. The van der Waals surface area contributed by atoms with E-state index in [0.29, 0.717) is 28.1 Å². The lowest BCUT2D eigenvalue weighted by Crippen LogP contribution is -2.21. The molecule has 0 radical (unpaired) electrons. The Morgan fingerprint density at radius 3 is 2.46 bits per heavy atom. The maximum atomic E-state index is 12.8. The highest BCUT2D eigenvalue weighted by molar-refractivity contribution is 6.04. The van der Waals surface area contributed by atoms with E-state index in [2.05, 4.69) is 39.3 Å². The summed E-state index contributed by atoms with van der Waals surface area (Å²) in [6.07, 6.45) is 2.25. The van der Waals surface area contributed by atoms with Crippen LogP contribution in [0.2, 0.25) is 0 Å². The van der Waals surface area contributed by atoms with E-state index >= 15 is 0 Å². The molecule has 0 bridgehead atoms. The normalized spacial score (nSPS) is 11.6. The number of anilines is 3. The number of hydrogen-bond donors (Lipinski definition) is 2. The van der Waals surface area contributed by atoms with Gasteiger partial charge in [0.05, 0.1) is 11.6 Å². The fraction of sp³-hybridized carbons (Fsp3) is 0.214. The number of nitrogens with zero attached hydrogens (tertiary/aromatic N) is 3. The predicted octanol–water partition coefficient (Wildman–Crippen LogP) is 5.71. The van der Waals surface area contributed by atoms with Crippen LogP contribution in [0.3, 0.4) is 0 Å². The first-order valence-electron chi connectivity index (χ1n) is 11.8. The Bertz CT molecular complexity index is 1330. The van der Waals surface area contributed by atoms with Crippen LogP contribution in [0.4, 0.5) is 17.2 Å². The van der Waals surface area contributed by atoms with E-state index in [1.165, 1.54) is 6.33 Å². The van der Waals surface area contributed by atoms with E-state index in [-0.39, 0.29) is 11.9 Å². The third kappa shape index (κ3) is 5.30. The molecule has 4 aromatic rings. The molecule has 7 nitrogen and oxygen atoms in total. The highest BCUT2D eigenvalue weighted by Gasteiger charge is 2.13. The number of benzene rings is 3. The highest BCUT2D eigenvalue weighted by Crippen LogP contribution is 2.26. The van der Waals surface area contributed by atoms with Crippen LogP contribution in [-0.2, 0) is 0 Å². The lowest BCUT2D eigenvalue weighted by atomic mass is 10.1. The molecule has 0 aliphatic heterocycles. The summed E-state index contributed by atoms with van der Waals surface area (Å²) in [6, 6.07) is 20.7. The van der Waals surface area contributed by atoms with Crippen LogP contribution in [0.15, 0.2) is 73.1 Å². The molecule has 0 spiro atoms. The number of nitrogens with one attached hydrogen (secondary N) is 2. The van der Waals surface area contributed by atoms with Gasteiger partial charge in [-0.2, -0.15) is 0 Å². The molecule has 0 fully saturated rings. The van der Waals surface area contributed by atoms with Gasteiger partial charge in [-0.1, -0.05) is 18.2 Å². The van der Waals surface area contributed by atoms with Crippen molar-refractivity contribution < 1.29 is 9.59 Å². The monoisotopic (exact) mass is 467 g/mol. The zero-order chi connectivity index (χ0) is 24.8. The molecule has 4 rings (SSSR count). The summed E-state index contributed by atoms with van der Waals surface area (Å²) in [4.78, 5) is 35.1. The number of carbonyl (C=O) groups excluding carboxylic acids is 2. The highest BCUT2D eigenvalue weighted by atomic mass is 16.1. The molecule has 2 N–H and O–H groups in total. The molecular weight excluding hydrogens is 438 g/mol. The fourth-order valence-corrected chi connectivity index (χ4v) is 4.11. The van der Waals surface area contributed by atoms with Gasteiger partial charge in [0.25, 0.3) is 5.91 Å². The van der Waals surface area contributed by atoms with Crippen molar-refractivity contribution in [2.24, 2.45) is 0 Å². The van der Waals surface area contributed by atoms with Crippen LogP contribution >= 0.6 is 0 Å². The summed E-state index contributed by atoms with van der Waals surface area (Å²) in [5.41, 5.74) is 4.54. The number of fused-ring (bicyclic) bond motifs is 1. The number of hydrogen-bond acceptors (Lipinski definition) is 6. The standard InChI is InChI=1S/C28H29N5O2/c1-4-33(5-2)24-14-12-20(13-15-24)28(35)32-23-10-6-8-21(16-23)19(3)31-27-25-11-7-9-22(17-34)26(25)29-18-30-27/h6-19H,4-5H2,1-3H3,(H,32,35)(H,29,30,31). The minimum Gasteiger partial charge on any atom is -0.372 e. The molecule has 0 aliphatic carbocycles. The zero-order valence-corrected chi connectivity index (χ0v) is 20.2. The molecule has 0 saturated carbocycles. The van der Waals surface area contributed by atoms with E-state index < -0.39 is 0 Å². The second kappa shape index (κ2) is 10.8. The average molecular weight is 468 g/mol. The molecular formula is C28H29N5O2. The van der Waals surface area contributed by atoms with Crippen LogP contribution in [0, 0.1) is 0 Å². The van der Waals surface area contributed by atoms with Crippen molar-refractivity contribution >= 4 is 40.3 Å². The molecule has 1 aromatic heterocycles. The molecule has 1 unspecified atom stereocenters. The Hall–Kier alpha value is -4.26.